The molecule has 0 spiro atoms. The maximum absolute atomic E-state index is 13.1. The molecule has 0 saturated heterocycles. The van der Waals surface area contributed by atoms with E-state index < -0.39 is 0 Å². The van der Waals surface area contributed by atoms with Crippen molar-refractivity contribution >= 4 is 11.6 Å². The Balaban J connectivity index is 2.26. The molecule has 0 amide bonds. The second-order valence-electron chi connectivity index (χ2n) is 3.77. The molecule has 0 aliphatic rings. The van der Waals surface area contributed by atoms with Gasteiger partial charge in [-0.2, -0.15) is 5.26 Å². The molecule has 90 valence electrons. The number of ether oxygens (including phenoxy) is 1. The average Bonchev–Trinajstić information content (AvgIpc) is 2.34. The number of benzene rings is 2. The van der Waals surface area contributed by atoms with E-state index in [1.54, 1.807) is 31.2 Å². The van der Waals surface area contributed by atoms with Crippen LogP contribution in [-0.4, -0.2) is 0 Å². The lowest BCUT2D eigenvalue weighted by Gasteiger charge is -2.07. The van der Waals surface area contributed by atoms with Gasteiger partial charge in [-0.3, -0.25) is 0 Å². The fourth-order valence-electron chi connectivity index (χ4n) is 1.47. The van der Waals surface area contributed by atoms with Crippen LogP contribution >= 0.6 is 11.6 Å². The van der Waals surface area contributed by atoms with E-state index in [0.29, 0.717) is 27.6 Å². The summed E-state index contributed by atoms with van der Waals surface area (Å²) >= 11 is 5.89. The Hall–Kier alpha value is -2.05. The Morgan fingerprint density at radius 1 is 1.17 bits per heavy atom. The van der Waals surface area contributed by atoms with E-state index in [1.807, 2.05) is 6.07 Å². The van der Waals surface area contributed by atoms with Crippen LogP contribution in [0.25, 0.3) is 0 Å². The Bertz CT molecular complexity index is 634. The molecular formula is C14H9ClFNO. The largest absolute Gasteiger partial charge is 0.457 e. The van der Waals surface area contributed by atoms with Gasteiger partial charge in [0.15, 0.2) is 0 Å². The molecule has 0 atom stereocenters. The molecule has 0 unspecified atom stereocenters. The van der Waals surface area contributed by atoms with Crippen molar-refractivity contribution in [1.82, 2.24) is 0 Å². The summed E-state index contributed by atoms with van der Waals surface area (Å²) in [5.41, 5.74) is 0.895. The van der Waals surface area contributed by atoms with Crippen LogP contribution in [0.3, 0.4) is 0 Å². The molecule has 0 radical (unpaired) electrons. The van der Waals surface area contributed by atoms with Crippen LogP contribution in [0.5, 0.6) is 11.5 Å². The maximum Gasteiger partial charge on any atom is 0.129 e. The van der Waals surface area contributed by atoms with E-state index in [9.17, 15) is 4.39 Å². The first-order valence-corrected chi connectivity index (χ1v) is 5.61. The lowest BCUT2D eigenvalue weighted by Crippen LogP contribution is -1.88. The third-order valence-electron chi connectivity index (χ3n) is 2.43. The molecule has 0 N–H and O–H groups in total. The van der Waals surface area contributed by atoms with E-state index >= 15 is 0 Å². The smallest absolute Gasteiger partial charge is 0.129 e. The Morgan fingerprint density at radius 2 is 1.83 bits per heavy atom. The monoisotopic (exact) mass is 261 g/mol. The number of rotatable bonds is 2. The minimum atomic E-state index is -0.278. The maximum atomic E-state index is 13.1. The van der Waals surface area contributed by atoms with Crippen molar-refractivity contribution in [3.63, 3.8) is 0 Å². The fourth-order valence-corrected chi connectivity index (χ4v) is 1.68. The standard InChI is InChI=1S/C14H9ClFNO/c1-9-6-11(4-5-14(9)16)18-12-3-2-10(8-17)13(15)7-12/h2-7H,1H3. The average molecular weight is 262 g/mol. The molecule has 2 nitrogen and oxygen atoms in total. The summed E-state index contributed by atoms with van der Waals surface area (Å²) in [5, 5.41) is 9.08. The van der Waals surface area contributed by atoms with Gasteiger partial charge in [0, 0.05) is 6.07 Å². The van der Waals surface area contributed by atoms with Crippen molar-refractivity contribution in [2.45, 2.75) is 6.92 Å². The van der Waals surface area contributed by atoms with Crippen molar-refractivity contribution < 1.29 is 9.13 Å². The van der Waals surface area contributed by atoms with Gasteiger partial charge < -0.3 is 4.74 Å². The normalized spacial score (nSPS) is 9.89. The fraction of sp³-hybridized carbons (Fsp3) is 0.0714. The van der Waals surface area contributed by atoms with E-state index in [1.165, 1.54) is 12.1 Å². The zero-order chi connectivity index (χ0) is 13.1. The molecule has 0 bridgehead atoms. The predicted octanol–water partition coefficient (Wildman–Crippen LogP) is 4.45. The van der Waals surface area contributed by atoms with Crippen molar-refractivity contribution in [3.8, 4) is 17.6 Å². The topological polar surface area (TPSA) is 33.0 Å². The summed E-state index contributed by atoms with van der Waals surface area (Å²) in [6.07, 6.45) is 0. The van der Waals surface area contributed by atoms with Crippen molar-refractivity contribution in [2.24, 2.45) is 0 Å². The molecule has 2 aromatic carbocycles. The molecular weight excluding hydrogens is 253 g/mol. The number of nitrogens with zero attached hydrogens (tertiary/aromatic N) is 1. The number of hydrogen-bond acceptors (Lipinski definition) is 2. The molecule has 0 aliphatic carbocycles. The highest BCUT2D eigenvalue weighted by Crippen LogP contribution is 2.27. The molecule has 0 fully saturated rings. The first-order valence-electron chi connectivity index (χ1n) is 5.24. The lowest BCUT2D eigenvalue weighted by atomic mass is 10.2. The van der Waals surface area contributed by atoms with Crippen LogP contribution in [0.15, 0.2) is 36.4 Å². The van der Waals surface area contributed by atoms with Crippen LogP contribution in [0.1, 0.15) is 11.1 Å². The van der Waals surface area contributed by atoms with Gasteiger partial charge in [-0.1, -0.05) is 11.6 Å². The summed E-state index contributed by atoms with van der Waals surface area (Å²) in [7, 11) is 0. The molecule has 4 heteroatoms. The number of hydrogen-bond donors (Lipinski definition) is 0. The Morgan fingerprint density at radius 3 is 2.44 bits per heavy atom. The molecule has 18 heavy (non-hydrogen) atoms. The second-order valence-corrected chi connectivity index (χ2v) is 4.17. The molecule has 0 aromatic heterocycles. The van der Waals surface area contributed by atoms with E-state index in [2.05, 4.69) is 0 Å². The SMILES string of the molecule is Cc1cc(Oc2ccc(C#N)c(Cl)c2)ccc1F. The van der Waals surface area contributed by atoms with Gasteiger partial charge in [-0.15, -0.1) is 0 Å². The van der Waals surface area contributed by atoms with Gasteiger partial charge in [0.25, 0.3) is 0 Å². The van der Waals surface area contributed by atoms with E-state index in [-0.39, 0.29) is 5.82 Å². The zero-order valence-electron chi connectivity index (χ0n) is 9.58. The highest BCUT2D eigenvalue weighted by Gasteiger charge is 2.04. The summed E-state index contributed by atoms with van der Waals surface area (Å²) in [4.78, 5) is 0. The van der Waals surface area contributed by atoms with Crippen LogP contribution < -0.4 is 4.74 Å². The molecule has 2 rings (SSSR count). The predicted molar refractivity (Wildman–Crippen MR) is 67.4 cm³/mol. The lowest BCUT2D eigenvalue weighted by molar-refractivity contribution is 0.479. The molecule has 0 aliphatic heterocycles. The Labute approximate surface area is 109 Å². The van der Waals surface area contributed by atoms with E-state index in [0.717, 1.165) is 0 Å². The highest BCUT2D eigenvalue weighted by atomic mass is 35.5. The number of halogens is 2. The minimum absolute atomic E-state index is 0.278. The van der Waals surface area contributed by atoms with E-state index in [4.69, 9.17) is 21.6 Å². The van der Waals surface area contributed by atoms with Crippen LogP contribution in [0.2, 0.25) is 5.02 Å². The van der Waals surface area contributed by atoms with Gasteiger partial charge in [-0.25, -0.2) is 4.39 Å². The van der Waals surface area contributed by atoms with Crippen LogP contribution in [-0.2, 0) is 0 Å². The Kier molecular flexibility index (Phi) is 3.50. The number of nitriles is 1. The van der Waals surface area contributed by atoms with Crippen molar-refractivity contribution in [2.75, 3.05) is 0 Å². The minimum Gasteiger partial charge on any atom is -0.457 e. The first-order chi connectivity index (χ1) is 8.60. The summed E-state index contributed by atoms with van der Waals surface area (Å²) < 4.78 is 18.6. The third-order valence-corrected chi connectivity index (χ3v) is 2.74. The molecule has 0 heterocycles. The summed E-state index contributed by atoms with van der Waals surface area (Å²) in [5.74, 6) is 0.750. The quantitative estimate of drug-likeness (QED) is 0.800. The van der Waals surface area contributed by atoms with Gasteiger partial charge in [0.2, 0.25) is 0 Å². The molecule has 2 aromatic rings. The molecule has 0 saturated carbocycles. The third kappa shape index (κ3) is 2.61. The summed E-state index contributed by atoms with van der Waals surface area (Å²) in [6, 6.07) is 11.2. The van der Waals surface area contributed by atoms with Gasteiger partial charge in [0.05, 0.1) is 10.6 Å². The van der Waals surface area contributed by atoms with Crippen molar-refractivity contribution in [3.05, 3.63) is 58.4 Å². The van der Waals surface area contributed by atoms with Crippen LogP contribution in [0.4, 0.5) is 4.39 Å². The zero-order valence-corrected chi connectivity index (χ0v) is 10.3. The van der Waals surface area contributed by atoms with Gasteiger partial charge in [0.1, 0.15) is 23.4 Å². The van der Waals surface area contributed by atoms with Crippen molar-refractivity contribution in [1.29, 1.82) is 5.26 Å². The highest BCUT2D eigenvalue weighted by molar-refractivity contribution is 6.31. The van der Waals surface area contributed by atoms with Gasteiger partial charge >= 0.3 is 0 Å². The summed E-state index contributed by atoms with van der Waals surface area (Å²) in [6.45, 7) is 1.66. The first kappa shape index (κ1) is 12.4. The second kappa shape index (κ2) is 5.07. The van der Waals surface area contributed by atoms with Crippen LogP contribution in [0, 0.1) is 24.1 Å². The number of aryl methyl sites for hydroxylation is 1. The van der Waals surface area contributed by atoms with Gasteiger partial charge in [-0.05, 0) is 42.8 Å².